The van der Waals surface area contributed by atoms with E-state index >= 15 is 0 Å². The molecule has 2 aromatic rings. The Morgan fingerprint density at radius 2 is 2.04 bits per heavy atom. The maximum Gasteiger partial charge on any atom is 0.332 e. The molecule has 1 amide bonds. The lowest BCUT2D eigenvalue weighted by Gasteiger charge is -2.06. The van der Waals surface area contributed by atoms with E-state index in [9.17, 15) is 19.7 Å². The number of nitro benzene ring substituents is 1. The maximum absolute atomic E-state index is 12.1. The number of aryl methyl sites for hydroxylation is 1. The summed E-state index contributed by atoms with van der Waals surface area (Å²) in [5.74, 6) is -0.689. The van der Waals surface area contributed by atoms with Gasteiger partial charge in [0, 0.05) is 17.8 Å². The van der Waals surface area contributed by atoms with Crippen molar-refractivity contribution < 1.29 is 28.4 Å². The van der Waals surface area contributed by atoms with Gasteiger partial charge in [0.1, 0.15) is 12.4 Å². The highest BCUT2D eigenvalue weighted by molar-refractivity contribution is 5.93. The minimum absolute atomic E-state index is 0.00798. The van der Waals surface area contributed by atoms with E-state index in [0.29, 0.717) is 11.5 Å². The Bertz CT molecular complexity index is 915. The average molecular weight is 388 g/mol. The molecule has 0 radical (unpaired) electrons. The average Bonchev–Trinajstić information content (AvgIpc) is 3.09. The molecule has 0 aliphatic heterocycles. The number of amides is 1. The van der Waals surface area contributed by atoms with Gasteiger partial charge in [-0.05, 0) is 44.5 Å². The van der Waals surface area contributed by atoms with Crippen LogP contribution in [0.3, 0.4) is 0 Å². The first kappa shape index (κ1) is 20.7. The van der Waals surface area contributed by atoms with Crippen LogP contribution in [0.1, 0.15) is 35.7 Å². The van der Waals surface area contributed by atoms with Gasteiger partial charge in [-0.1, -0.05) is 6.07 Å². The largest absolute Gasteiger partial charge is 0.479 e. The van der Waals surface area contributed by atoms with Crippen LogP contribution in [0.4, 0.5) is 5.69 Å². The van der Waals surface area contributed by atoms with Crippen LogP contribution in [0.15, 0.2) is 46.5 Å². The molecule has 0 bridgehead atoms. The Balaban J connectivity index is 2.00. The van der Waals surface area contributed by atoms with Crippen LogP contribution in [0, 0.1) is 17.0 Å². The molecule has 148 valence electrons. The fraction of sp³-hybridized carbons (Fsp3) is 0.263. The van der Waals surface area contributed by atoms with Crippen LogP contribution in [0.2, 0.25) is 0 Å². The predicted molar refractivity (Wildman–Crippen MR) is 98.7 cm³/mol. The Hall–Kier alpha value is -3.62. The zero-order valence-corrected chi connectivity index (χ0v) is 15.7. The summed E-state index contributed by atoms with van der Waals surface area (Å²) in [5.41, 5.74) is 0.888. The van der Waals surface area contributed by atoms with Gasteiger partial charge in [-0.25, -0.2) is 4.79 Å². The third-order valence-corrected chi connectivity index (χ3v) is 3.50. The van der Waals surface area contributed by atoms with Crippen molar-refractivity contribution >= 4 is 17.6 Å². The SMILES string of the molecule is CCOC(=O)/C=C(\C)NC(=O)c1ccc(COc2ccc(C)cc2[N+](=O)[O-])o1. The van der Waals surface area contributed by atoms with Crippen LogP contribution in [0.25, 0.3) is 0 Å². The van der Waals surface area contributed by atoms with Crippen molar-refractivity contribution in [2.75, 3.05) is 6.61 Å². The Labute approximate surface area is 161 Å². The summed E-state index contributed by atoms with van der Waals surface area (Å²) in [4.78, 5) is 34.1. The van der Waals surface area contributed by atoms with E-state index in [1.807, 2.05) is 0 Å². The van der Waals surface area contributed by atoms with E-state index < -0.39 is 16.8 Å². The molecular weight excluding hydrogens is 368 g/mol. The molecule has 2 rings (SSSR count). The smallest absolute Gasteiger partial charge is 0.332 e. The fourth-order valence-corrected chi connectivity index (χ4v) is 2.26. The molecule has 9 nitrogen and oxygen atoms in total. The Morgan fingerprint density at radius 1 is 1.29 bits per heavy atom. The van der Waals surface area contributed by atoms with E-state index in [1.54, 1.807) is 19.9 Å². The minimum Gasteiger partial charge on any atom is -0.479 e. The number of carbonyl (C=O) groups excluding carboxylic acids is 2. The predicted octanol–water partition coefficient (Wildman–Crippen LogP) is 3.27. The molecule has 0 unspecified atom stereocenters. The van der Waals surface area contributed by atoms with Crippen LogP contribution < -0.4 is 10.1 Å². The van der Waals surface area contributed by atoms with E-state index in [1.165, 1.54) is 31.2 Å². The normalized spacial score (nSPS) is 11.0. The lowest BCUT2D eigenvalue weighted by molar-refractivity contribution is -0.386. The molecule has 1 aromatic heterocycles. The van der Waals surface area contributed by atoms with Gasteiger partial charge >= 0.3 is 11.7 Å². The van der Waals surface area contributed by atoms with Crippen molar-refractivity contribution in [3.05, 3.63) is 69.3 Å². The number of hydrogen-bond donors (Lipinski definition) is 1. The Morgan fingerprint density at radius 3 is 2.71 bits per heavy atom. The molecule has 0 saturated carbocycles. The van der Waals surface area contributed by atoms with E-state index in [-0.39, 0.29) is 30.4 Å². The fourth-order valence-electron chi connectivity index (χ4n) is 2.26. The second-order valence-corrected chi connectivity index (χ2v) is 5.82. The molecule has 0 fully saturated rings. The van der Waals surface area contributed by atoms with Gasteiger partial charge in [0.05, 0.1) is 11.5 Å². The molecule has 1 N–H and O–H groups in total. The molecule has 0 spiro atoms. The van der Waals surface area contributed by atoms with Crippen molar-refractivity contribution in [1.82, 2.24) is 5.32 Å². The van der Waals surface area contributed by atoms with Crippen molar-refractivity contribution in [1.29, 1.82) is 0 Å². The molecule has 9 heteroatoms. The first-order valence-electron chi connectivity index (χ1n) is 8.43. The standard InChI is InChI=1S/C19H20N2O7/c1-4-26-18(22)10-13(3)20-19(23)17-8-6-14(28-17)11-27-16-7-5-12(2)9-15(16)21(24)25/h5-10H,4,11H2,1-3H3,(H,20,23)/b13-10+. The van der Waals surface area contributed by atoms with Crippen LogP contribution >= 0.6 is 0 Å². The highest BCUT2D eigenvalue weighted by Crippen LogP contribution is 2.28. The lowest BCUT2D eigenvalue weighted by Crippen LogP contribution is -2.21. The zero-order chi connectivity index (χ0) is 20.7. The molecule has 1 aromatic carbocycles. The first-order chi connectivity index (χ1) is 13.3. The number of allylic oxidation sites excluding steroid dienone is 1. The zero-order valence-electron chi connectivity index (χ0n) is 15.7. The highest BCUT2D eigenvalue weighted by Gasteiger charge is 2.17. The van der Waals surface area contributed by atoms with E-state index in [2.05, 4.69) is 5.32 Å². The molecule has 0 aliphatic rings. The first-order valence-corrected chi connectivity index (χ1v) is 8.43. The molecule has 0 saturated heterocycles. The summed E-state index contributed by atoms with van der Waals surface area (Å²) >= 11 is 0. The van der Waals surface area contributed by atoms with Crippen molar-refractivity contribution in [3.63, 3.8) is 0 Å². The van der Waals surface area contributed by atoms with Gasteiger partial charge in [-0.3, -0.25) is 14.9 Å². The van der Waals surface area contributed by atoms with Crippen molar-refractivity contribution in [2.24, 2.45) is 0 Å². The van der Waals surface area contributed by atoms with Gasteiger partial charge in [0.2, 0.25) is 0 Å². The molecule has 1 heterocycles. The third-order valence-electron chi connectivity index (χ3n) is 3.50. The topological polar surface area (TPSA) is 121 Å². The molecular formula is C19H20N2O7. The van der Waals surface area contributed by atoms with Gasteiger partial charge in [-0.15, -0.1) is 0 Å². The third kappa shape index (κ3) is 5.70. The minimum atomic E-state index is -0.562. The summed E-state index contributed by atoms with van der Waals surface area (Å²) in [5, 5.41) is 13.6. The van der Waals surface area contributed by atoms with Crippen LogP contribution in [-0.2, 0) is 16.1 Å². The number of ether oxygens (including phenoxy) is 2. The van der Waals surface area contributed by atoms with Crippen molar-refractivity contribution in [3.8, 4) is 5.75 Å². The number of nitro groups is 1. The van der Waals surface area contributed by atoms with E-state index in [0.717, 1.165) is 11.6 Å². The number of benzene rings is 1. The summed E-state index contributed by atoms with van der Waals surface area (Å²) in [7, 11) is 0. The van der Waals surface area contributed by atoms with Gasteiger partial charge in [0.15, 0.2) is 11.5 Å². The quantitative estimate of drug-likeness (QED) is 0.319. The summed E-state index contributed by atoms with van der Waals surface area (Å²) in [6.07, 6.45) is 1.16. The second kappa shape index (κ2) is 9.36. The maximum atomic E-state index is 12.1. The van der Waals surface area contributed by atoms with Gasteiger partial charge in [-0.2, -0.15) is 0 Å². The number of nitrogens with one attached hydrogen (secondary N) is 1. The molecule has 28 heavy (non-hydrogen) atoms. The van der Waals surface area contributed by atoms with Crippen LogP contribution in [-0.4, -0.2) is 23.4 Å². The summed E-state index contributed by atoms with van der Waals surface area (Å²) in [6.45, 7) is 5.11. The van der Waals surface area contributed by atoms with Crippen molar-refractivity contribution in [2.45, 2.75) is 27.4 Å². The summed E-state index contributed by atoms with van der Waals surface area (Å²) in [6, 6.07) is 7.58. The molecule has 0 aliphatic carbocycles. The second-order valence-electron chi connectivity index (χ2n) is 5.82. The van der Waals surface area contributed by atoms with Gasteiger partial charge < -0.3 is 19.2 Å². The lowest BCUT2D eigenvalue weighted by atomic mass is 10.2. The number of furan rings is 1. The van der Waals surface area contributed by atoms with E-state index in [4.69, 9.17) is 13.9 Å². The summed E-state index contributed by atoms with van der Waals surface area (Å²) < 4.78 is 15.6. The Kier molecular flexibility index (Phi) is 6.91. The number of rotatable bonds is 8. The van der Waals surface area contributed by atoms with Gasteiger partial charge in [0.25, 0.3) is 5.91 Å². The van der Waals surface area contributed by atoms with Crippen LogP contribution in [0.5, 0.6) is 5.75 Å². The number of nitrogens with zero attached hydrogens (tertiary/aromatic N) is 1. The monoisotopic (exact) mass is 388 g/mol. The number of esters is 1. The number of hydrogen-bond acceptors (Lipinski definition) is 7. The molecule has 0 atom stereocenters. The number of carbonyl (C=O) groups is 2. The highest BCUT2D eigenvalue weighted by atomic mass is 16.6.